The molecule has 0 bridgehead atoms. The zero-order chi connectivity index (χ0) is 12.4. The van der Waals surface area contributed by atoms with Crippen LogP contribution in [0.25, 0.3) is 0 Å². The maximum atomic E-state index is 13.0. The number of benzene rings is 1. The molecule has 0 aliphatic carbocycles. The lowest BCUT2D eigenvalue weighted by molar-refractivity contribution is 0.102. The van der Waals surface area contributed by atoms with Crippen LogP contribution >= 0.6 is 27.3 Å². The molecule has 0 radical (unpaired) electrons. The summed E-state index contributed by atoms with van der Waals surface area (Å²) in [6, 6.07) is 4.13. The smallest absolute Gasteiger partial charge is 0.267 e. The average molecular weight is 315 g/mol. The van der Waals surface area contributed by atoms with Crippen molar-refractivity contribution in [3.63, 3.8) is 0 Å². The molecule has 0 saturated heterocycles. The number of carbonyl (C=O) groups is 1. The van der Waals surface area contributed by atoms with Crippen LogP contribution in [0, 0.1) is 12.7 Å². The van der Waals surface area contributed by atoms with Crippen LogP contribution in [0.15, 0.2) is 28.2 Å². The van der Waals surface area contributed by atoms with Crippen LogP contribution in [-0.4, -0.2) is 10.9 Å². The number of halogens is 2. The highest BCUT2D eigenvalue weighted by Gasteiger charge is 2.13. The first-order valence-electron chi connectivity index (χ1n) is 4.74. The molecule has 0 saturated carbocycles. The van der Waals surface area contributed by atoms with Crippen LogP contribution in [0.3, 0.4) is 0 Å². The van der Waals surface area contributed by atoms with Crippen LogP contribution in [0.5, 0.6) is 0 Å². The van der Waals surface area contributed by atoms with Crippen molar-refractivity contribution >= 4 is 38.9 Å². The van der Waals surface area contributed by atoms with E-state index in [4.69, 9.17) is 0 Å². The first kappa shape index (κ1) is 12.2. The van der Waals surface area contributed by atoms with Gasteiger partial charge >= 0.3 is 0 Å². The summed E-state index contributed by atoms with van der Waals surface area (Å²) in [7, 11) is 0. The van der Waals surface area contributed by atoms with E-state index < -0.39 is 5.82 Å². The standard InChI is InChI=1S/C11H8BrFN2OS/c1-6-10(17-5-14-6)11(16)15-9-4-7(13)2-3-8(9)12/h2-5H,1H3,(H,15,16). The van der Waals surface area contributed by atoms with Gasteiger partial charge < -0.3 is 5.32 Å². The molecule has 0 aliphatic heterocycles. The summed E-state index contributed by atoms with van der Waals surface area (Å²) < 4.78 is 13.7. The van der Waals surface area contributed by atoms with E-state index in [0.29, 0.717) is 20.7 Å². The van der Waals surface area contributed by atoms with Gasteiger partial charge in [0.1, 0.15) is 10.7 Å². The molecule has 0 atom stereocenters. The molecule has 17 heavy (non-hydrogen) atoms. The first-order chi connectivity index (χ1) is 8.08. The van der Waals surface area contributed by atoms with Crippen LogP contribution < -0.4 is 5.32 Å². The minimum absolute atomic E-state index is 0.281. The zero-order valence-electron chi connectivity index (χ0n) is 8.83. The SMILES string of the molecule is Cc1ncsc1C(=O)Nc1cc(F)ccc1Br. The molecule has 3 nitrogen and oxygen atoms in total. The van der Waals surface area contributed by atoms with Gasteiger partial charge in [-0.15, -0.1) is 11.3 Å². The Hall–Kier alpha value is -1.27. The van der Waals surface area contributed by atoms with Gasteiger partial charge in [0.25, 0.3) is 5.91 Å². The van der Waals surface area contributed by atoms with Gasteiger partial charge in [0, 0.05) is 4.47 Å². The third kappa shape index (κ3) is 2.70. The Kier molecular flexibility index (Phi) is 3.54. The van der Waals surface area contributed by atoms with E-state index in [1.807, 2.05) is 0 Å². The van der Waals surface area contributed by atoms with Crippen molar-refractivity contribution in [2.45, 2.75) is 6.92 Å². The van der Waals surface area contributed by atoms with Gasteiger partial charge in [-0.05, 0) is 41.1 Å². The first-order valence-corrected chi connectivity index (χ1v) is 6.41. The molecule has 1 heterocycles. The molecular weight excluding hydrogens is 307 g/mol. The lowest BCUT2D eigenvalue weighted by Crippen LogP contribution is -2.12. The second-order valence-electron chi connectivity index (χ2n) is 3.35. The van der Waals surface area contributed by atoms with E-state index in [-0.39, 0.29) is 5.91 Å². The van der Waals surface area contributed by atoms with E-state index in [1.165, 1.54) is 23.5 Å². The molecule has 1 N–H and O–H groups in total. The molecule has 0 spiro atoms. The number of nitrogens with one attached hydrogen (secondary N) is 1. The minimum atomic E-state index is -0.399. The lowest BCUT2D eigenvalue weighted by atomic mass is 10.3. The van der Waals surface area contributed by atoms with E-state index >= 15 is 0 Å². The Balaban J connectivity index is 2.24. The van der Waals surface area contributed by atoms with Gasteiger partial charge in [-0.25, -0.2) is 9.37 Å². The summed E-state index contributed by atoms with van der Waals surface area (Å²) in [5.41, 5.74) is 2.67. The molecule has 0 unspecified atom stereocenters. The molecule has 1 aromatic heterocycles. The topological polar surface area (TPSA) is 42.0 Å². The lowest BCUT2D eigenvalue weighted by Gasteiger charge is -2.06. The Morgan fingerprint density at radius 1 is 1.53 bits per heavy atom. The van der Waals surface area contributed by atoms with Crippen LogP contribution in [0.2, 0.25) is 0 Å². The highest BCUT2D eigenvalue weighted by Crippen LogP contribution is 2.24. The average Bonchev–Trinajstić information content (AvgIpc) is 2.70. The van der Waals surface area contributed by atoms with Gasteiger partial charge in [0.2, 0.25) is 0 Å². The van der Waals surface area contributed by atoms with Crippen molar-refractivity contribution in [2.24, 2.45) is 0 Å². The normalized spacial score (nSPS) is 10.3. The third-order valence-electron chi connectivity index (χ3n) is 2.13. The van der Waals surface area contributed by atoms with Crippen molar-refractivity contribution in [2.75, 3.05) is 5.32 Å². The summed E-state index contributed by atoms with van der Waals surface area (Å²) in [4.78, 5) is 16.4. The van der Waals surface area contributed by atoms with Gasteiger partial charge in [-0.3, -0.25) is 4.79 Å². The fraction of sp³-hybridized carbons (Fsp3) is 0.0909. The molecule has 88 valence electrons. The molecule has 6 heteroatoms. The van der Waals surface area contributed by atoms with Gasteiger partial charge in [-0.2, -0.15) is 0 Å². The van der Waals surface area contributed by atoms with Gasteiger partial charge in [-0.1, -0.05) is 0 Å². The van der Waals surface area contributed by atoms with Crippen molar-refractivity contribution in [1.82, 2.24) is 4.98 Å². The monoisotopic (exact) mass is 314 g/mol. The number of nitrogens with zero attached hydrogens (tertiary/aromatic N) is 1. The van der Waals surface area contributed by atoms with Crippen molar-refractivity contribution in [1.29, 1.82) is 0 Å². The predicted octanol–water partition coefficient (Wildman–Crippen LogP) is 3.61. The molecule has 0 aliphatic rings. The Labute approximate surface area is 110 Å². The number of thiazole rings is 1. The summed E-state index contributed by atoms with van der Waals surface area (Å²) in [6.07, 6.45) is 0. The highest BCUT2D eigenvalue weighted by molar-refractivity contribution is 9.10. The second kappa shape index (κ2) is 4.93. The predicted molar refractivity (Wildman–Crippen MR) is 68.9 cm³/mol. The van der Waals surface area contributed by atoms with Crippen molar-refractivity contribution in [3.05, 3.63) is 44.6 Å². The van der Waals surface area contributed by atoms with E-state index in [0.717, 1.165) is 0 Å². The number of amides is 1. The molecule has 1 aromatic carbocycles. The molecule has 1 amide bonds. The van der Waals surface area contributed by atoms with Crippen LogP contribution in [-0.2, 0) is 0 Å². The summed E-state index contributed by atoms with van der Waals surface area (Å²) in [5.74, 6) is -0.680. The van der Waals surface area contributed by atoms with E-state index in [1.54, 1.807) is 18.5 Å². The number of aryl methyl sites for hydroxylation is 1. The maximum Gasteiger partial charge on any atom is 0.267 e. The van der Waals surface area contributed by atoms with E-state index in [2.05, 4.69) is 26.2 Å². The largest absolute Gasteiger partial charge is 0.320 e. The van der Waals surface area contributed by atoms with E-state index in [9.17, 15) is 9.18 Å². The Morgan fingerprint density at radius 2 is 2.29 bits per heavy atom. The fourth-order valence-corrected chi connectivity index (χ4v) is 2.34. The van der Waals surface area contributed by atoms with Gasteiger partial charge in [0.05, 0.1) is 16.9 Å². The molecule has 2 aromatic rings. The van der Waals surface area contributed by atoms with Gasteiger partial charge in [0.15, 0.2) is 0 Å². The number of hydrogen-bond acceptors (Lipinski definition) is 3. The number of rotatable bonds is 2. The fourth-order valence-electron chi connectivity index (χ4n) is 1.29. The zero-order valence-corrected chi connectivity index (χ0v) is 11.2. The highest BCUT2D eigenvalue weighted by atomic mass is 79.9. The Bertz CT molecular complexity index is 570. The number of carbonyl (C=O) groups excluding carboxylic acids is 1. The maximum absolute atomic E-state index is 13.0. The quantitative estimate of drug-likeness (QED) is 0.920. The molecule has 2 rings (SSSR count). The minimum Gasteiger partial charge on any atom is -0.320 e. The summed E-state index contributed by atoms with van der Waals surface area (Å²) in [5, 5.41) is 2.64. The van der Waals surface area contributed by atoms with Crippen LogP contribution in [0.1, 0.15) is 15.4 Å². The number of aromatic nitrogens is 1. The second-order valence-corrected chi connectivity index (χ2v) is 5.05. The Morgan fingerprint density at radius 3 is 2.94 bits per heavy atom. The summed E-state index contributed by atoms with van der Waals surface area (Å²) >= 11 is 4.50. The van der Waals surface area contributed by atoms with Crippen LogP contribution in [0.4, 0.5) is 10.1 Å². The summed E-state index contributed by atoms with van der Waals surface area (Å²) in [6.45, 7) is 1.76. The third-order valence-corrected chi connectivity index (χ3v) is 3.75. The number of anilines is 1. The number of hydrogen-bond donors (Lipinski definition) is 1. The van der Waals surface area contributed by atoms with Crippen molar-refractivity contribution in [3.8, 4) is 0 Å². The van der Waals surface area contributed by atoms with Crippen molar-refractivity contribution < 1.29 is 9.18 Å². The molecular formula is C11H8BrFN2OS. The molecule has 0 fully saturated rings.